The molecule has 0 radical (unpaired) electrons. The number of hydrogen-bond donors (Lipinski definition) is 1. The van der Waals surface area contributed by atoms with Crippen molar-refractivity contribution in [3.8, 4) is 0 Å². The lowest BCUT2D eigenvalue weighted by atomic mass is 9.77. The number of carbonyl (C=O) groups excluding carboxylic acids is 1. The molecule has 246 valence electrons. The maximum atomic E-state index is 11.8. The van der Waals surface area contributed by atoms with Gasteiger partial charge in [0.2, 0.25) is 0 Å². The molecule has 2 aromatic heterocycles. The summed E-state index contributed by atoms with van der Waals surface area (Å²) in [6.07, 6.45) is 16.7. The molecule has 0 unspecified atom stereocenters. The van der Waals surface area contributed by atoms with Crippen molar-refractivity contribution in [2.24, 2.45) is 5.41 Å². The van der Waals surface area contributed by atoms with E-state index >= 15 is 0 Å². The minimum atomic E-state index is -0.140. The molecule has 1 N–H and O–H groups in total. The summed E-state index contributed by atoms with van der Waals surface area (Å²) >= 11 is 0. The van der Waals surface area contributed by atoms with Crippen molar-refractivity contribution in [2.45, 2.75) is 104 Å². The Morgan fingerprint density at radius 1 is 0.956 bits per heavy atom. The molecule has 2 saturated heterocycles. The normalized spacial score (nSPS) is 17.2. The van der Waals surface area contributed by atoms with Crippen LogP contribution in [-0.2, 0) is 42.1 Å². The summed E-state index contributed by atoms with van der Waals surface area (Å²) in [5.41, 5.74) is 2.93. The van der Waals surface area contributed by atoms with Crippen molar-refractivity contribution in [2.75, 3.05) is 39.3 Å². The molecular weight excluding hydrogens is 562 g/mol. The number of aromatic amines is 1. The van der Waals surface area contributed by atoms with Crippen LogP contribution < -0.4 is 0 Å². The second-order valence-corrected chi connectivity index (χ2v) is 13.2. The van der Waals surface area contributed by atoms with Crippen LogP contribution in [0.25, 0.3) is 0 Å². The SMILES string of the molecule is CCOC(=O)CCc1ccc(CN(Cc2ncc[nH]2)Cc2nccn2CCCN2CCC3(CCN(C(CC)CC)CC3)C2)cc1. The number of nitrogens with zero attached hydrogens (tertiary/aromatic N) is 6. The van der Waals surface area contributed by atoms with Crippen LogP contribution in [0.1, 0.15) is 88.5 Å². The summed E-state index contributed by atoms with van der Waals surface area (Å²) < 4.78 is 7.41. The molecule has 3 aromatic rings. The van der Waals surface area contributed by atoms with Crippen molar-refractivity contribution in [3.05, 3.63) is 71.8 Å². The summed E-state index contributed by atoms with van der Waals surface area (Å²) in [5, 5.41) is 0. The largest absolute Gasteiger partial charge is 0.466 e. The predicted octanol–water partition coefficient (Wildman–Crippen LogP) is 5.67. The number of H-pyrrole nitrogens is 1. The number of carbonyl (C=O) groups is 1. The van der Waals surface area contributed by atoms with Crippen LogP contribution in [0.15, 0.2) is 49.1 Å². The number of rotatable bonds is 17. The summed E-state index contributed by atoms with van der Waals surface area (Å²) in [4.78, 5) is 32.2. The van der Waals surface area contributed by atoms with Crippen molar-refractivity contribution < 1.29 is 9.53 Å². The number of aromatic nitrogens is 4. The Kier molecular flexibility index (Phi) is 12.2. The summed E-state index contributed by atoms with van der Waals surface area (Å²) in [7, 11) is 0. The molecule has 5 rings (SSSR count). The predicted molar refractivity (Wildman–Crippen MR) is 178 cm³/mol. The molecule has 9 heteroatoms. The van der Waals surface area contributed by atoms with Gasteiger partial charge in [-0.05, 0) is 94.6 Å². The van der Waals surface area contributed by atoms with Crippen LogP contribution in [0, 0.1) is 5.41 Å². The van der Waals surface area contributed by atoms with Crippen LogP contribution in [-0.4, -0.2) is 85.6 Å². The molecular formula is C36H55N7O2. The lowest BCUT2D eigenvalue weighted by molar-refractivity contribution is -0.143. The minimum absolute atomic E-state index is 0.140. The van der Waals surface area contributed by atoms with Crippen molar-refractivity contribution in [1.29, 1.82) is 0 Å². The Labute approximate surface area is 270 Å². The quantitative estimate of drug-likeness (QED) is 0.196. The number of ether oxygens (including phenoxy) is 1. The van der Waals surface area contributed by atoms with Gasteiger partial charge in [-0.3, -0.25) is 9.69 Å². The van der Waals surface area contributed by atoms with Crippen LogP contribution in [0.3, 0.4) is 0 Å². The number of hydrogen-bond acceptors (Lipinski definition) is 7. The average molecular weight is 618 g/mol. The van der Waals surface area contributed by atoms with Gasteiger partial charge >= 0.3 is 5.97 Å². The zero-order valence-electron chi connectivity index (χ0n) is 27.9. The first-order valence-corrected chi connectivity index (χ1v) is 17.4. The number of likely N-dealkylation sites (tertiary alicyclic amines) is 2. The third kappa shape index (κ3) is 9.50. The maximum absolute atomic E-state index is 11.8. The average Bonchev–Trinajstić information content (AvgIpc) is 3.82. The number of aryl methyl sites for hydroxylation is 2. The zero-order valence-corrected chi connectivity index (χ0v) is 27.9. The first-order chi connectivity index (χ1) is 22.0. The van der Waals surface area contributed by atoms with Gasteiger partial charge < -0.3 is 24.1 Å². The monoisotopic (exact) mass is 617 g/mol. The highest BCUT2D eigenvalue weighted by Crippen LogP contribution is 2.41. The van der Waals surface area contributed by atoms with Gasteiger partial charge in [-0.1, -0.05) is 38.1 Å². The van der Waals surface area contributed by atoms with Gasteiger partial charge in [0.1, 0.15) is 11.6 Å². The molecule has 0 saturated carbocycles. The molecule has 9 nitrogen and oxygen atoms in total. The highest BCUT2D eigenvalue weighted by Gasteiger charge is 2.40. The van der Waals surface area contributed by atoms with Crippen molar-refractivity contribution >= 4 is 5.97 Å². The maximum Gasteiger partial charge on any atom is 0.306 e. The Morgan fingerprint density at radius 2 is 1.71 bits per heavy atom. The molecule has 2 aliphatic heterocycles. The van der Waals surface area contributed by atoms with Gasteiger partial charge in [0.25, 0.3) is 0 Å². The summed E-state index contributed by atoms with van der Waals surface area (Å²) in [6.45, 7) is 16.5. The first-order valence-electron chi connectivity index (χ1n) is 17.4. The molecule has 0 aliphatic carbocycles. The zero-order chi connectivity index (χ0) is 31.5. The fraction of sp³-hybridized carbons (Fsp3) is 0.639. The molecule has 45 heavy (non-hydrogen) atoms. The standard InChI is InChI=1S/C36H55N7O2/c1-4-32(5-2)42-23-15-36(16-24-42)14-22-40(29-36)20-7-21-43-25-19-39-34(43)28-41(27-33-37-17-18-38-33)26-31-10-8-30(9-11-31)12-13-35(44)45-6-3/h8-11,17-19,25,32H,4-7,12-16,20-24,26-29H2,1-3H3,(H,37,38). The Morgan fingerprint density at radius 3 is 2.42 bits per heavy atom. The number of esters is 1. The van der Waals surface area contributed by atoms with E-state index in [2.05, 4.69) is 73.5 Å². The second kappa shape index (κ2) is 16.5. The molecule has 2 aliphatic rings. The first kappa shape index (κ1) is 33.4. The Bertz CT molecular complexity index is 1280. The van der Waals surface area contributed by atoms with Crippen LogP contribution >= 0.6 is 0 Å². The van der Waals surface area contributed by atoms with Crippen molar-refractivity contribution in [3.63, 3.8) is 0 Å². The van der Waals surface area contributed by atoms with Gasteiger partial charge in [-0.2, -0.15) is 0 Å². The number of benzene rings is 1. The van der Waals surface area contributed by atoms with E-state index in [0.717, 1.165) is 62.4 Å². The molecule has 0 bridgehead atoms. The highest BCUT2D eigenvalue weighted by atomic mass is 16.5. The number of piperidine rings is 1. The minimum Gasteiger partial charge on any atom is -0.466 e. The van der Waals surface area contributed by atoms with Gasteiger partial charge in [-0.15, -0.1) is 0 Å². The van der Waals surface area contributed by atoms with Gasteiger partial charge in [-0.25, -0.2) is 9.97 Å². The molecule has 2 fully saturated rings. The molecule has 0 amide bonds. The highest BCUT2D eigenvalue weighted by molar-refractivity contribution is 5.69. The fourth-order valence-electron chi connectivity index (χ4n) is 7.47. The van der Waals surface area contributed by atoms with E-state index in [0.29, 0.717) is 24.9 Å². The fourth-order valence-corrected chi connectivity index (χ4v) is 7.47. The summed E-state index contributed by atoms with van der Waals surface area (Å²) in [5.74, 6) is 1.91. The molecule has 1 spiro atoms. The van der Waals surface area contributed by atoms with Crippen LogP contribution in [0.2, 0.25) is 0 Å². The van der Waals surface area contributed by atoms with E-state index in [1.165, 1.54) is 63.8 Å². The van der Waals surface area contributed by atoms with Gasteiger partial charge in [0.05, 0.1) is 19.7 Å². The van der Waals surface area contributed by atoms with E-state index in [-0.39, 0.29) is 5.97 Å². The Balaban J connectivity index is 1.11. The van der Waals surface area contributed by atoms with E-state index in [1.54, 1.807) is 0 Å². The third-order valence-corrected chi connectivity index (χ3v) is 10.2. The smallest absolute Gasteiger partial charge is 0.306 e. The molecule has 4 heterocycles. The lowest BCUT2D eigenvalue weighted by Crippen LogP contribution is -2.45. The van der Waals surface area contributed by atoms with E-state index in [4.69, 9.17) is 9.72 Å². The number of imidazole rings is 2. The molecule has 0 atom stereocenters. The van der Waals surface area contributed by atoms with Crippen LogP contribution in [0.5, 0.6) is 0 Å². The van der Waals surface area contributed by atoms with Crippen LogP contribution in [0.4, 0.5) is 0 Å². The second-order valence-electron chi connectivity index (χ2n) is 13.2. The van der Waals surface area contributed by atoms with E-state index < -0.39 is 0 Å². The topological polar surface area (TPSA) is 82.5 Å². The lowest BCUT2D eigenvalue weighted by Gasteiger charge is -2.42. The third-order valence-electron chi connectivity index (χ3n) is 10.2. The van der Waals surface area contributed by atoms with Gasteiger partial charge in [0, 0.05) is 56.9 Å². The number of nitrogens with one attached hydrogen (secondary N) is 1. The van der Waals surface area contributed by atoms with Gasteiger partial charge in [0.15, 0.2) is 0 Å². The van der Waals surface area contributed by atoms with Crippen molar-refractivity contribution in [1.82, 2.24) is 34.2 Å². The molecule has 1 aromatic carbocycles. The Hall–Kier alpha value is -3.01. The summed E-state index contributed by atoms with van der Waals surface area (Å²) in [6, 6.07) is 9.36. The van der Waals surface area contributed by atoms with E-state index in [9.17, 15) is 4.79 Å². The van der Waals surface area contributed by atoms with E-state index in [1.807, 2.05) is 25.5 Å².